The molecule has 0 bridgehead atoms. The average molecular weight is 429 g/mol. The SMILES string of the molecule is CC(C)CCC[C@@H](C)[C@H]1CCC2C3CC=C4CC(OCC=O)CC[C@]4(C)C3CC[C@@]21C. The summed E-state index contributed by atoms with van der Waals surface area (Å²) in [6.45, 7) is 12.8. The Balaban J connectivity index is 1.45. The zero-order valence-corrected chi connectivity index (χ0v) is 21.0. The van der Waals surface area contributed by atoms with Crippen LogP contribution in [0.25, 0.3) is 0 Å². The first-order chi connectivity index (χ1) is 14.8. The van der Waals surface area contributed by atoms with Crippen LogP contribution in [0.5, 0.6) is 0 Å². The molecule has 0 aromatic rings. The standard InChI is InChI=1S/C29H48O2/c1-20(2)7-6-8-21(3)25-11-12-26-24-10-9-22-19-23(31-18-17-30)13-15-28(22,4)27(24)14-16-29(25,26)5/h9,17,20-21,23-27H,6-8,10-16,18-19H2,1-5H3/t21-,23?,24?,25-,26?,27?,28+,29-/m1/s1. The minimum absolute atomic E-state index is 0.262. The van der Waals surface area contributed by atoms with E-state index in [2.05, 4.69) is 40.7 Å². The Kier molecular flexibility index (Phi) is 7.07. The van der Waals surface area contributed by atoms with E-state index in [0.29, 0.717) is 10.8 Å². The summed E-state index contributed by atoms with van der Waals surface area (Å²) in [6, 6.07) is 0. The number of hydrogen-bond donors (Lipinski definition) is 0. The van der Waals surface area contributed by atoms with Crippen molar-refractivity contribution in [3.8, 4) is 0 Å². The van der Waals surface area contributed by atoms with Crippen LogP contribution in [0.1, 0.15) is 105 Å². The number of rotatable bonds is 8. The molecular formula is C29H48O2. The fourth-order valence-corrected chi connectivity index (χ4v) is 8.97. The minimum atomic E-state index is 0.262. The number of fused-ring (bicyclic) bond motifs is 5. The van der Waals surface area contributed by atoms with Crippen molar-refractivity contribution in [2.24, 2.45) is 46.3 Å². The van der Waals surface area contributed by atoms with Crippen molar-refractivity contribution in [2.45, 2.75) is 111 Å². The van der Waals surface area contributed by atoms with Gasteiger partial charge < -0.3 is 9.53 Å². The predicted octanol–water partition coefficient (Wildman–Crippen LogP) is 7.61. The molecule has 31 heavy (non-hydrogen) atoms. The molecule has 0 N–H and O–H groups in total. The van der Waals surface area contributed by atoms with Gasteiger partial charge in [0.15, 0.2) is 0 Å². The van der Waals surface area contributed by atoms with E-state index in [9.17, 15) is 4.79 Å². The van der Waals surface area contributed by atoms with E-state index in [-0.39, 0.29) is 12.7 Å². The van der Waals surface area contributed by atoms with E-state index in [1.807, 2.05) is 0 Å². The van der Waals surface area contributed by atoms with Crippen molar-refractivity contribution in [1.82, 2.24) is 0 Å². The molecule has 0 radical (unpaired) electrons. The molecule has 4 aliphatic carbocycles. The van der Waals surface area contributed by atoms with Crippen molar-refractivity contribution in [1.29, 1.82) is 0 Å². The monoisotopic (exact) mass is 428 g/mol. The molecule has 0 aliphatic heterocycles. The summed E-state index contributed by atoms with van der Waals surface area (Å²) in [5.41, 5.74) is 2.62. The Morgan fingerprint density at radius 3 is 2.61 bits per heavy atom. The van der Waals surface area contributed by atoms with Gasteiger partial charge in [-0.1, -0.05) is 65.5 Å². The fourth-order valence-electron chi connectivity index (χ4n) is 8.97. The van der Waals surface area contributed by atoms with Gasteiger partial charge in [-0.15, -0.1) is 0 Å². The second kappa shape index (κ2) is 9.32. The molecule has 8 atom stereocenters. The smallest absolute Gasteiger partial charge is 0.145 e. The summed E-state index contributed by atoms with van der Waals surface area (Å²) in [4.78, 5) is 10.7. The topological polar surface area (TPSA) is 26.3 Å². The van der Waals surface area contributed by atoms with Crippen molar-refractivity contribution < 1.29 is 9.53 Å². The fraction of sp³-hybridized carbons (Fsp3) is 0.897. The molecule has 0 aromatic carbocycles. The van der Waals surface area contributed by atoms with Gasteiger partial charge in [0, 0.05) is 0 Å². The third-order valence-electron chi connectivity index (χ3n) is 10.7. The first kappa shape index (κ1) is 23.5. The quantitative estimate of drug-likeness (QED) is 0.294. The molecule has 2 heteroatoms. The van der Waals surface area contributed by atoms with E-state index in [0.717, 1.165) is 54.6 Å². The zero-order chi connectivity index (χ0) is 22.2. The van der Waals surface area contributed by atoms with Crippen LogP contribution < -0.4 is 0 Å². The number of allylic oxidation sites excluding steroid dienone is 1. The van der Waals surface area contributed by atoms with Crippen LogP contribution in [0.4, 0.5) is 0 Å². The van der Waals surface area contributed by atoms with Crippen LogP contribution in [0.3, 0.4) is 0 Å². The van der Waals surface area contributed by atoms with Crippen LogP contribution >= 0.6 is 0 Å². The summed E-state index contributed by atoms with van der Waals surface area (Å²) in [5, 5.41) is 0. The first-order valence-corrected chi connectivity index (χ1v) is 13.5. The molecule has 0 amide bonds. The highest BCUT2D eigenvalue weighted by Gasteiger charge is 2.59. The maximum absolute atomic E-state index is 10.7. The largest absolute Gasteiger partial charge is 0.370 e. The van der Waals surface area contributed by atoms with Crippen molar-refractivity contribution in [3.63, 3.8) is 0 Å². The highest BCUT2D eigenvalue weighted by atomic mass is 16.5. The Morgan fingerprint density at radius 2 is 1.87 bits per heavy atom. The second-order valence-corrected chi connectivity index (χ2v) is 12.7. The Bertz CT molecular complexity index is 666. The van der Waals surface area contributed by atoms with Gasteiger partial charge in [0.1, 0.15) is 12.9 Å². The molecule has 4 rings (SSSR count). The van der Waals surface area contributed by atoms with Crippen LogP contribution in [-0.4, -0.2) is 19.0 Å². The Hall–Kier alpha value is -0.630. The molecule has 3 saturated carbocycles. The summed E-state index contributed by atoms with van der Waals surface area (Å²) in [6.07, 6.45) is 18.6. The molecular weight excluding hydrogens is 380 g/mol. The molecule has 176 valence electrons. The van der Waals surface area contributed by atoms with Crippen LogP contribution in [0.2, 0.25) is 0 Å². The van der Waals surface area contributed by atoms with Gasteiger partial charge >= 0.3 is 0 Å². The van der Waals surface area contributed by atoms with Gasteiger partial charge in [-0.05, 0) is 97.7 Å². The van der Waals surface area contributed by atoms with Crippen LogP contribution in [0, 0.1) is 46.3 Å². The lowest BCUT2D eigenvalue weighted by Crippen LogP contribution is -2.51. The van der Waals surface area contributed by atoms with E-state index >= 15 is 0 Å². The number of ether oxygens (including phenoxy) is 1. The van der Waals surface area contributed by atoms with Gasteiger partial charge in [0.25, 0.3) is 0 Å². The Labute approximate surface area is 192 Å². The predicted molar refractivity (Wildman–Crippen MR) is 129 cm³/mol. The maximum Gasteiger partial charge on any atom is 0.145 e. The Morgan fingerprint density at radius 1 is 1.06 bits per heavy atom. The number of aldehydes is 1. The van der Waals surface area contributed by atoms with E-state index in [4.69, 9.17) is 4.74 Å². The zero-order valence-electron chi connectivity index (χ0n) is 21.0. The van der Waals surface area contributed by atoms with Gasteiger partial charge in [0.2, 0.25) is 0 Å². The summed E-state index contributed by atoms with van der Waals surface area (Å²) in [5.74, 6) is 5.37. The van der Waals surface area contributed by atoms with Gasteiger partial charge in [-0.25, -0.2) is 0 Å². The number of carbonyl (C=O) groups excluding carboxylic acids is 1. The van der Waals surface area contributed by atoms with Crippen molar-refractivity contribution >= 4 is 6.29 Å². The highest BCUT2D eigenvalue weighted by molar-refractivity contribution is 5.50. The van der Waals surface area contributed by atoms with Crippen LogP contribution in [0.15, 0.2) is 11.6 Å². The normalized spacial score (nSPS) is 43.0. The van der Waals surface area contributed by atoms with Gasteiger partial charge in [0.05, 0.1) is 6.10 Å². The third kappa shape index (κ3) is 4.32. The molecule has 4 unspecified atom stereocenters. The molecule has 4 aliphatic rings. The molecule has 0 saturated heterocycles. The van der Waals surface area contributed by atoms with Crippen molar-refractivity contribution in [2.75, 3.05) is 6.61 Å². The summed E-state index contributed by atoms with van der Waals surface area (Å²) in [7, 11) is 0. The van der Waals surface area contributed by atoms with Crippen LogP contribution in [-0.2, 0) is 9.53 Å². The molecule has 0 spiro atoms. The number of carbonyl (C=O) groups is 1. The second-order valence-electron chi connectivity index (χ2n) is 12.7. The summed E-state index contributed by atoms with van der Waals surface area (Å²) < 4.78 is 5.83. The lowest BCUT2D eigenvalue weighted by atomic mass is 9.47. The highest BCUT2D eigenvalue weighted by Crippen LogP contribution is 2.67. The summed E-state index contributed by atoms with van der Waals surface area (Å²) >= 11 is 0. The maximum atomic E-state index is 10.7. The van der Waals surface area contributed by atoms with Crippen molar-refractivity contribution in [3.05, 3.63) is 11.6 Å². The van der Waals surface area contributed by atoms with E-state index in [1.54, 1.807) is 5.57 Å². The molecule has 0 aromatic heterocycles. The number of hydrogen-bond acceptors (Lipinski definition) is 2. The first-order valence-electron chi connectivity index (χ1n) is 13.5. The molecule has 0 heterocycles. The van der Waals surface area contributed by atoms with Gasteiger partial charge in [-0.3, -0.25) is 0 Å². The lowest BCUT2D eigenvalue weighted by molar-refractivity contribution is -0.115. The minimum Gasteiger partial charge on any atom is -0.370 e. The lowest BCUT2D eigenvalue weighted by Gasteiger charge is -2.58. The third-order valence-corrected chi connectivity index (χ3v) is 10.7. The average Bonchev–Trinajstić information content (AvgIpc) is 3.09. The molecule has 3 fully saturated rings. The van der Waals surface area contributed by atoms with Gasteiger partial charge in [-0.2, -0.15) is 0 Å². The van der Waals surface area contributed by atoms with E-state index in [1.165, 1.54) is 57.8 Å². The van der Waals surface area contributed by atoms with E-state index < -0.39 is 0 Å². The molecule has 2 nitrogen and oxygen atoms in total.